The zero-order valence-electron chi connectivity index (χ0n) is 12.9. The first-order chi connectivity index (χ1) is 11.9. The lowest BCUT2D eigenvalue weighted by Crippen LogP contribution is -2.09. The normalized spacial score (nSPS) is 10.8. The summed E-state index contributed by atoms with van der Waals surface area (Å²) in [6.45, 7) is -0.418. The quantitative estimate of drug-likeness (QED) is 0.691. The van der Waals surface area contributed by atoms with Crippen LogP contribution in [0.3, 0.4) is 0 Å². The van der Waals surface area contributed by atoms with Crippen molar-refractivity contribution in [2.24, 2.45) is 7.05 Å². The molecule has 10 heteroatoms. The number of aryl methyl sites for hydroxylation is 1. The molecule has 0 aliphatic carbocycles. The zero-order chi connectivity index (χ0) is 18.0. The first kappa shape index (κ1) is 16.7. The van der Waals surface area contributed by atoms with Crippen LogP contribution in [-0.2, 0) is 13.6 Å². The highest BCUT2D eigenvalue weighted by atomic mass is 19.1. The summed E-state index contributed by atoms with van der Waals surface area (Å²) in [5, 5.41) is 9.23. The van der Waals surface area contributed by atoms with Crippen molar-refractivity contribution in [2.75, 3.05) is 10.6 Å². The standard InChI is InChI=1S/C15H12F4N6/c1-25-7-9(4-22-25)23-15-21-6-13(19)14(24-15)20-5-10-11(17)2-8(16)3-12(10)18/h2-4,6-7H,5H2,1H3,(H2,20,21,23,24). The minimum absolute atomic E-state index is 0.0666. The van der Waals surface area contributed by atoms with Gasteiger partial charge in [0, 0.05) is 37.5 Å². The Bertz CT molecular complexity index is 888. The van der Waals surface area contributed by atoms with E-state index in [1.54, 1.807) is 17.9 Å². The largest absolute Gasteiger partial charge is 0.363 e. The molecule has 0 aliphatic heterocycles. The fourth-order valence-corrected chi connectivity index (χ4v) is 2.08. The molecule has 0 radical (unpaired) electrons. The van der Waals surface area contributed by atoms with E-state index in [2.05, 4.69) is 25.7 Å². The molecule has 0 unspecified atom stereocenters. The molecule has 0 spiro atoms. The van der Waals surface area contributed by atoms with E-state index >= 15 is 0 Å². The van der Waals surface area contributed by atoms with Crippen molar-refractivity contribution in [2.45, 2.75) is 6.54 Å². The number of hydrogen-bond acceptors (Lipinski definition) is 5. The lowest BCUT2D eigenvalue weighted by Gasteiger charge is -2.10. The summed E-state index contributed by atoms with van der Waals surface area (Å²) in [5.41, 5.74) is 0.150. The van der Waals surface area contributed by atoms with Crippen LogP contribution in [0.25, 0.3) is 0 Å². The van der Waals surface area contributed by atoms with E-state index < -0.39 is 35.4 Å². The van der Waals surface area contributed by atoms with Gasteiger partial charge in [0.15, 0.2) is 11.6 Å². The topological polar surface area (TPSA) is 67.7 Å². The number of rotatable bonds is 5. The Labute approximate surface area is 139 Å². The van der Waals surface area contributed by atoms with E-state index in [0.717, 1.165) is 6.20 Å². The van der Waals surface area contributed by atoms with Gasteiger partial charge in [0.2, 0.25) is 5.95 Å². The van der Waals surface area contributed by atoms with Crippen LogP contribution in [0.5, 0.6) is 0 Å². The summed E-state index contributed by atoms with van der Waals surface area (Å²) in [5.74, 6) is -4.18. The lowest BCUT2D eigenvalue weighted by atomic mass is 10.2. The molecule has 1 aromatic carbocycles. The van der Waals surface area contributed by atoms with Gasteiger partial charge in [-0.15, -0.1) is 0 Å². The van der Waals surface area contributed by atoms with Crippen LogP contribution < -0.4 is 10.6 Å². The van der Waals surface area contributed by atoms with Crippen LogP contribution in [-0.4, -0.2) is 19.7 Å². The first-order valence-corrected chi connectivity index (χ1v) is 7.08. The third-order valence-electron chi connectivity index (χ3n) is 3.24. The summed E-state index contributed by atoms with van der Waals surface area (Å²) in [6.07, 6.45) is 4.08. The molecule has 0 saturated heterocycles. The molecular weight excluding hydrogens is 340 g/mol. The molecule has 6 nitrogen and oxygen atoms in total. The number of nitrogens with zero attached hydrogens (tertiary/aromatic N) is 4. The SMILES string of the molecule is Cn1cc(Nc2ncc(F)c(NCc3c(F)cc(F)cc3F)n2)cn1. The maximum atomic E-state index is 13.8. The van der Waals surface area contributed by atoms with Gasteiger partial charge in [0.1, 0.15) is 17.5 Å². The van der Waals surface area contributed by atoms with E-state index in [1.165, 1.54) is 6.20 Å². The second kappa shape index (κ2) is 6.75. The summed E-state index contributed by atoms with van der Waals surface area (Å²) in [4.78, 5) is 7.68. The van der Waals surface area contributed by atoms with Gasteiger partial charge in [-0.05, 0) is 0 Å². The van der Waals surface area contributed by atoms with Crippen LogP contribution >= 0.6 is 0 Å². The Kier molecular flexibility index (Phi) is 4.50. The second-order valence-electron chi connectivity index (χ2n) is 5.12. The number of aromatic nitrogens is 4. The summed E-state index contributed by atoms with van der Waals surface area (Å²) in [6, 6.07) is 1.09. The highest BCUT2D eigenvalue weighted by molar-refractivity contribution is 5.52. The van der Waals surface area contributed by atoms with E-state index in [9.17, 15) is 17.6 Å². The fraction of sp³-hybridized carbons (Fsp3) is 0.133. The smallest absolute Gasteiger partial charge is 0.229 e. The van der Waals surface area contributed by atoms with Crippen molar-refractivity contribution in [3.8, 4) is 0 Å². The molecule has 2 heterocycles. The van der Waals surface area contributed by atoms with Gasteiger partial charge in [0.25, 0.3) is 0 Å². The second-order valence-corrected chi connectivity index (χ2v) is 5.12. The summed E-state index contributed by atoms with van der Waals surface area (Å²) < 4.78 is 55.5. The Morgan fingerprint density at radius 2 is 1.76 bits per heavy atom. The van der Waals surface area contributed by atoms with Crippen LogP contribution in [0, 0.1) is 23.3 Å². The van der Waals surface area contributed by atoms with Crippen LogP contribution in [0.15, 0.2) is 30.7 Å². The van der Waals surface area contributed by atoms with Crippen molar-refractivity contribution in [1.82, 2.24) is 19.7 Å². The van der Waals surface area contributed by atoms with Gasteiger partial charge in [-0.3, -0.25) is 4.68 Å². The highest BCUT2D eigenvalue weighted by Gasteiger charge is 2.13. The highest BCUT2D eigenvalue weighted by Crippen LogP contribution is 2.19. The average molecular weight is 352 g/mol. The molecule has 0 saturated carbocycles. The number of anilines is 3. The van der Waals surface area contributed by atoms with Crippen molar-refractivity contribution in [3.63, 3.8) is 0 Å². The van der Waals surface area contributed by atoms with Crippen molar-refractivity contribution in [3.05, 3.63) is 59.6 Å². The van der Waals surface area contributed by atoms with Gasteiger partial charge < -0.3 is 10.6 Å². The zero-order valence-corrected chi connectivity index (χ0v) is 12.9. The maximum absolute atomic E-state index is 13.8. The van der Waals surface area contributed by atoms with E-state index in [-0.39, 0.29) is 11.8 Å². The maximum Gasteiger partial charge on any atom is 0.229 e. The third-order valence-corrected chi connectivity index (χ3v) is 3.24. The summed E-state index contributed by atoms with van der Waals surface area (Å²) >= 11 is 0. The van der Waals surface area contributed by atoms with Crippen LogP contribution in [0.2, 0.25) is 0 Å². The van der Waals surface area contributed by atoms with Crippen molar-refractivity contribution in [1.29, 1.82) is 0 Å². The Balaban J connectivity index is 1.77. The molecule has 3 aromatic rings. The summed E-state index contributed by atoms with van der Waals surface area (Å²) in [7, 11) is 1.72. The van der Waals surface area contributed by atoms with Gasteiger partial charge >= 0.3 is 0 Å². The molecule has 0 amide bonds. The predicted molar refractivity (Wildman–Crippen MR) is 82.1 cm³/mol. The number of hydrogen-bond donors (Lipinski definition) is 2. The molecule has 0 bridgehead atoms. The van der Waals surface area contributed by atoms with Gasteiger partial charge in [-0.1, -0.05) is 0 Å². The lowest BCUT2D eigenvalue weighted by molar-refractivity contribution is 0.526. The Morgan fingerprint density at radius 1 is 1.04 bits per heavy atom. The fourth-order valence-electron chi connectivity index (χ4n) is 2.08. The van der Waals surface area contributed by atoms with Crippen LogP contribution in [0.1, 0.15) is 5.56 Å². The predicted octanol–water partition coefficient (Wildman–Crippen LogP) is 3.12. The molecule has 25 heavy (non-hydrogen) atoms. The number of halogens is 4. The molecule has 0 atom stereocenters. The van der Waals surface area contributed by atoms with Crippen LogP contribution in [0.4, 0.5) is 35.0 Å². The molecule has 0 fully saturated rings. The molecule has 2 N–H and O–H groups in total. The molecule has 2 aromatic heterocycles. The Morgan fingerprint density at radius 3 is 2.40 bits per heavy atom. The number of benzene rings is 1. The molecule has 130 valence electrons. The van der Waals surface area contributed by atoms with Gasteiger partial charge in [-0.25, -0.2) is 22.5 Å². The third kappa shape index (κ3) is 3.84. The molecular formula is C15H12F4N6. The van der Waals surface area contributed by atoms with Gasteiger partial charge in [-0.2, -0.15) is 10.1 Å². The van der Waals surface area contributed by atoms with Gasteiger partial charge in [0.05, 0.1) is 18.1 Å². The van der Waals surface area contributed by atoms with E-state index in [0.29, 0.717) is 17.8 Å². The molecule has 0 aliphatic rings. The van der Waals surface area contributed by atoms with Crippen molar-refractivity contribution < 1.29 is 17.6 Å². The Hall–Kier alpha value is -3.17. The van der Waals surface area contributed by atoms with E-state index in [4.69, 9.17) is 0 Å². The number of nitrogens with one attached hydrogen (secondary N) is 2. The monoisotopic (exact) mass is 352 g/mol. The van der Waals surface area contributed by atoms with Crippen molar-refractivity contribution >= 4 is 17.5 Å². The first-order valence-electron chi connectivity index (χ1n) is 7.08. The minimum atomic E-state index is -1.08. The minimum Gasteiger partial charge on any atom is -0.363 e. The van der Waals surface area contributed by atoms with E-state index in [1.807, 2.05) is 0 Å². The molecule has 3 rings (SSSR count). The average Bonchev–Trinajstić information content (AvgIpc) is 2.94.